The van der Waals surface area contributed by atoms with Gasteiger partial charge in [0.2, 0.25) is 16.6 Å². The van der Waals surface area contributed by atoms with Gasteiger partial charge < -0.3 is 31.9 Å². The first kappa shape index (κ1) is 24.4. The van der Waals surface area contributed by atoms with Gasteiger partial charge in [0.1, 0.15) is 22.8 Å². The van der Waals surface area contributed by atoms with E-state index in [0.717, 1.165) is 6.07 Å². The number of hydrogen-bond donors (Lipinski definition) is 6. The van der Waals surface area contributed by atoms with Crippen molar-refractivity contribution in [2.75, 3.05) is 19.8 Å². The molecule has 0 unspecified atom stereocenters. The summed E-state index contributed by atoms with van der Waals surface area (Å²) in [5.74, 6) is -7.70. The number of primary amides is 1. The fourth-order valence-electron chi connectivity index (χ4n) is 6.16. The molecule has 0 spiro atoms. The van der Waals surface area contributed by atoms with Gasteiger partial charge in [-0.1, -0.05) is 6.07 Å². The van der Waals surface area contributed by atoms with E-state index in [2.05, 4.69) is 0 Å². The molecule has 192 valence electrons. The summed E-state index contributed by atoms with van der Waals surface area (Å²) in [6, 6.07) is 1.38. The van der Waals surface area contributed by atoms with Crippen molar-refractivity contribution in [3.05, 3.63) is 66.4 Å². The van der Waals surface area contributed by atoms with Crippen LogP contribution < -0.4 is 22.3 Å². The Morgan fingerprint density at radius 2 is 1.70 bits per heavy atom. The molecule has 1 amide bonds. The van der Waals surface area contributed by atoms with E-state index in [1.807, 2.05) is 0 Å². The third kappa shape index (κ3) is 2.87. The molecule has 2 aromatic carbocycles. The largest absolute Gasteiger partial charge is 0.510 e. The number of likely N-dealkylation sites (N-methyl/N-ethyl adjacent to an activating group) is 1. The normalized spacial score (nSPS) is 27.4. The number of carbonyl (C=O) groups excluding carboxylic acids is 3. The average Bonchev–Trinajstić information content (AvgIpc) is 2.82. The standard InChI is InChI=1S/C25H23N3O9/c1-28(2)17-10-6-7-5-9-8(14-16(26)21(33)20(14)32)3-4-11(29)13(9)18(30)12(7)22(34)25(10,37)23(35)15(19(17)31)24(27)36/h3-4,7,10,17,29,31,34,37H,5-6,26H2,1-2H3,(H2,27,36)/t7-,10-,17-,25-/m0/s1. The molecule has 2 aromatic rings. The number of aliphatic hydroxyl groups excluding tert-OH is 2. The van der Waals surface area contributed by atoms with Crippen molar-refractivity contribution in [3.8, 4) is 16.9 Å². The molecule has 0 saturated carbocycles. The number of nitrogen functional groups attached to an aromatic ring is 1. The molecule has 0 fully saturated rings. The molecule has 0 aliphatic heterocycles. The van der Waals surface area contributed by atoms with E-state index in [1.54, 1.807) is 0 Å². The van der Waals surface area contributed by atoms with Gasteiger partial charge in [-0.05, 0) is 50.0 Å². The summed E-state index contributed by atoms with van der Waals surface area (Å²) >= 11 is 0. The Bertz CT molecular complexity index is 1590. The molecule has 12 nitrogen and oxygen atoms in total. The van der Waals surface area contributed by atoms with Gasteiger partial charge in [-0.3, -0.25) is 28.9 Å². The van der Waals surface area contributed by atoms with Crippen LogP contribution in [-0.2, 0) is 16.0 Å². The highest BCUT2D eigenvalue weighted by Crippen LogP contribution is 2.53. The van der Waals surface area contributed by atoms with Crippen LogP contribution in [0.15, 0.2) is 44.4 Å². The molecule has 0 saturated heterocycles. The number of ketones is 2. The maximum atomic E-state index is 13.6. The van der Waals surface area contributed by atoms with Gasteiger partial charge in [-0.25, -0.2) is 0 Å². The quantitative estimate of drug-likeness (QED) is 0.217. The Kier molecular flexibility index (Phi) is 5.02. The number of hydrogen-bond acceptors (Lipinski definition) is 11. The highest BCUT2D eigenvalue weighted by atomic mass is 16.3. The number of phenolic OH excluding ortho intramolecular Hbond substituents is 1. The van der Waals surface area contributed by atoms with Crippen LogP contribution in [0.1, 0.15) is 22.3 Å². The van der Waals surface area contributed by atoms with Crippen molar-refractivity contribution in [3.63, 3.8) is 0 Å². The lowest BCUT2D eigenvalue weighted by Gasteiger charge is -2.50. The number of Topliss-reactive ketones (excluding diaryl/α,β-unsaturated/α-hetero) is 2. The zero-order valence-corrected chi connectivity index (χ0v) is 19.7. The van der Waals surface area contributed by atoms with Gasteiger partial charge in [-0.15, -0.1) is 0 Å². The van der Waals surface area contributed by atoms with Crippen molar-refractivity contribution in [1.29, 1.82) is 0 Å². The third-order valence-electron chi connectivity index (χ3n) is 7.82. The molecule has 0 aromatic heterocycles. The van der Waals surface area contributed by atoms with Gasteiger partial charge in [0.05, 0.1) is 22.9 Å². The van der Waals surface area contributed by atoms with Gasteiger partial charge >= 0.3 is 0 Å². The second kappa shape index (κ2) is 7.60. The van der Waals surface area contributed by atoms with Crippen LogP contribution in [-0.4, -0.2) is 68.5 Å². The number of aromatic hydroxyl groups is 1. The van der Waals surface area contributed by atoms with Crippen LogP contribution in [0.4, 0.5) is 5.69 Å². The molecule has 37 heavy (non-hydrogen) atoms. The SMILES string of the molecule is CN(C)[C@@H]1C(O)=C(C(N)=O)C(=O)[C@@]2(O)C(O)=C3C(=O)c4c(O)ccc(-c5c(N)c(=O)c5=O)c4C[C@H]3C[C@@H]12. The number of phenols is 1. The maximum Gasteiger partial charge on any atom is 0.255 e. The van der Waals surface area contributed by atoms with Crippen LogP contribution in [0.3, 0.4) is 0 Å². The van der Waals surface area contributed by atoms with Crippen molar-refractivity contribution in [2.45, 2.75) is 24.5 Å². The van der Waals surface area contributed by atoms with Crippen molar-refractivity contribution in [1.82, 2.24) is 4.90 Å². The minimum atomic E-state index is -2.75. The first-order valence-corrected chi connectivity index (χ1v) is 11.3. The van der Waals surface area contributed by atoms with Crippen LogP contribution in [0.25, 0.3) is 11.1 Å². The molecule has 4 atom stereocenters. The van der Waals surface area contributed by atoms with Crippen LogP contribution in [0.2, 0.25) is 0 Å². The monoisotopic (exact) mass is 509 g/mol. The number of benzene rings is 1. The second-order valence-electron chi connectivity index (χ2n) is 9.90. The topological polar surface area (TPSA) is 222 Å². The number of carbonyl (C=O) groups is 3. The number of aliphatic hydroxyl groups is 3. The fraction of sp³-hybridized carbons (Fsp3) is 0.320. The molecular formula is C25H23N3O9. The first-order valence-electron chi connectivity index (χ1n) is 11.3. The summed E-state index contributed by atoms with van der Waals surface area (Å²) in [7, 11) is 3.05. The van der Waals surface area contributed by atoms with Gasteiger partial charge in [0.15, 0.2) is 11.4 Å². The lowest BCUT2D eigenvalue weighted by molar-refractivity contribution is -0.148. The summed E-state index contributed by atoms with van der Waals surface area (Å²) in [6.45, 7) is 0. The van der Waals surface area contributed by atoms with Crippen molar-refractivity contribution in [2.24, 2.45) is 17.6 Å². The number of nitrogens with zero attached hydrogens (tertiary/aromatic N) is 1. The maximum absolute atomic E-state index is 13.6. The van der Waals surface area contributed by atoms with Gasteiger partial charge in [0.25, 0.3) is 5.91 Å². The smallest absolute Gasteiger partial charge is 0.255 e. The Hall–Kier alpha value is -4.29. The molecule has 3 aliphatic carbocycles. The highest BCUT2D eigenvalue weighted by Gasteiger charge is 2.63. The molecule has 3 aliphatic rings. The summed E-state index contributed by atoms with van der Waals surface area (Å²) in [6.07, 6.45) is -0.140. The number of anilines is 1. The Balaban J connectivity index is 1.75. The lowest BCUT2D eigenvalue weighted by atomic mass is 9.58. The molecular weight excluding hydrogens is 486 g/mol. The van der Waals surface area contributed by atoms with Crippen LogP contribution in [0.5, 0.6) is 5.75 Å². The molecule has 0 bridgehead atoms. The van der Waals surface area contributed by atoms with Crippen LogP contribution in [0, 0.1) is 11.8 Å². The molecule has 5 rings (SSSR count). The van der Waals surface area contributed by atoms with Crippen LogP contribution >= 0.6 is 0 Å². The van der Waals surface area contributed by atoms with E-state index in [-0.39, 0.29) is 46.4 Å². The number of nitrogens with two attached hydrogens (primary N) is 2. The van der Waals surface area contributed by atoms with Gasteiger partial charge in [-0.2, -0.15) is 0 Å². The first-order chi connectivity index (χ1) is 17.2. The summed E-state index contributed by atoms with van der Waals surface area (Å²) in [5.41, 5.74) is 5.16. The minimum Gasteiger partial charge on any atom is -0.510 e. The molecule has 0 heterocycles. The van der Waals surface area contributed by atoms with Crippen molar-refractivity contribution < 1.29 is 34.8 Å². The lowest BCUT2D eigenvalue weighted by Crippen LogP contribution is -2.63. The fourth-order valence-corrected chi connectivity index (χ4v) is 6.16. The zero-order valence-electron chi connectivity index (χ0n) is 19.7. The molecule has 12 heteroatoms. The Morgan fingerprint density at radius 1 is 1.05 bits per heavy atom. The zero-order chi connectivity index (χ0) is 27.3. The van der Waals surface area contributed by atoms with Gasteiger partial charge in [0, 0.05) is 11.5 Å². The number of allylic oxidation sites excluding steroid dienone is 1. The predicted octanol–water partition coefficient (Wildman–Crippen LogP) is -1.03. The summed E-state index contributed by atoms with van der Waals surface area (Å²) in [4.78, 5) is 64.3. The number of fused-ring (bicyclic) bond motifs is 3. The average molecular weight is 509 g/mol. The Morgan fingerprint density at radius 3 is 2.27 bits per heavy atom. The van der Waals surface area contributed by atoms with Crippen molar-refractivity contribution >= 4 is 23.2 Å². The number of amides is 1. The Labute approximate surface area is 208 Å². The van der Waals surface area contributed by atoms with E-state index in [4.69, 9.17) is 11.5 Å². The van der Waals surface area contributed by atoms with E-state index in [0.29, 0.717) is 0 Å². The predicted molar refractivity (Wildman–Crippen MR) is 128 cm³/mol. The third-order valence-corrected chi connectivity index (χ3v) is 7.82. The molecule has 8 N–H and O–H groups in total. The van der Waals surface area contributed by atoms with E-state index < -0.39 is 74.7 Å². The summed E-state index contributed by atoms with van der Waals surface area (Å²) in [5, 5.41) is 44.2. The molecule has 0 radical (unpaired) electrons. The van der Waals surface area contributed by atoms with E-state index >= 15 is 0 Å². The number of rotatable bonds is 3. The highest BCUT2D eigenvalue weighted by molar-refractivity contribution is 6.25. The second-order valence-corrected chi connectivity index (χ2v) is 9.90. The van der Waals surface area contributed by atoms with E-state index in [1.165, 1.54) is 25.1 Å². The minimum absolute atomic E-state index is 0.0312. The summed E-state index contributed by atoms with van der Waals surface area (Å²) < 4.78 is 0. The van der Waals surface area contributed by atoms with E-state index in [9.17, 15) is 44.4 Å².